The second-order valence-corrected chi connectivity index (χ2v) is 2.88. The SMILES string of the molecule is C/C=[C]/c1ccc(CCC)cc1. The summed E-state index contributed by atoms with van der Waals surface area (Å²) in [4.78, 5) is 0. The van der Waals surface area contributed by atoms with Gasteiger partial charge in [-0.3, -0.25) is 0 Å². The number of rotatable bonds is 3. The average molecular weight is 159 g/mol. The van der Waals surface area contributed by atoms with Crippen LogP contribution in [0.3, 0.4) is 0 Å². The van der Waals surface area contributed by atoms with Gasteiger partial charge in [0.2, 0.25) is 0 Å². The Hall–Kier alpha value is -1.04. The van der Waals surface area contributed by atoms with E-state index in [4.69, 9.17) is 0 Å². The second-order valence-electron chi connectivity index (χ2n) is 2.88. The molecule has 63 valence electrons. The van der Waals surface area contributed by atoms with Gasteiger partial charge in [-0.05, 0) is 30.5 Å². The van der Waals surface area contributed by atoms with E-state index in [0.29, 0.717) is 0 Å². The first-order chi connectivity index (χ1) is 5.86. The Kier molecular flexibility index (Phi) is 3.59. The summed E-state index contributed by atoms with van der Waals surface area (Å²) < 4.78 is 0. The molecule has 0 heteroatoms. The van der Waals surface area contributed by atoms with E-state index >= 15 is 0 Å². The summed E-state index contributed by atoms with van der Waals surface area (Å²) in [6.45, 7) is 4.19. The van der Waals surface area contributed by atoms with E-state index < -0.39 is 0 Å². The lowest BCUT2D eigenvalue weighted by atomic mass is 10.1. The van der Waals surface area contributed by atoms with Crippen molar-refractivity contribution < 1.29 is 0 Å². The van der Waals surface area contributed by atoms with Crippen molar-refractivity contribution in [3.8, 4) is 0 Å². The molecular weight excluding hydrogens is 144 g/mol. The lowest BCUT2D eigenvalue weighted by Crippen LogP contribution is -1.82. The molecule has 0 spiro atoms. The topological polar surface area (TPSA) is 0 Å². The Morgan fingerprint density at radius 2 is 1.92 bits per heavy atom. The fraction of sp³-hybridized carbons (Fsp3) is 0.333. The van der Waals surface area contributed by atoms with E-state index in [1.165, 1.54) is 18.4 Å². The highest BCUT2D eigenvalue weighted by Gasteiger charge is 1.90. The van der Waals surface area contributed by atoms with Crippen LogP contribution in [-0.2, 0) is 6.42 Å². The van der Waals surface area contributed by atoms with Crippen LogP contribution in [0.4, 0.5) is 0 Å². The lowest BCUT2D eigenvalue weighted by Gasteiger charge is -1.97. The Morgan fingerprint density at radius 1 is 1.25 bits per heavy atom. The molecule has 0 aliphatic rings. The molecule has 1 rings (SSSR count). The smallest absolute Gasteiger partial charge is 0.0151 e. The van der Waals surface area contributed by atoms with E-state index in [9.17, 15) is 0 Å². The Labute approximate surface area is 74.9 Å². The monoisotopic (exact) mass is 159 g/mol. The lowest BCUT2D eigenvalue weighted by molar-refractivity contribution is 0.921. The van der Waals surface area contributed by atoms with Crippen molar-refractivity contribution in [3.63, 3.8) is 0 Å². The van der Waals surface area contributed by atoms with Crippen molar-refractivity contribution in [2.45, 2.75) is 26.7 Å². The first-order valence-electron chi connectivity index (χ1n) is 4.50. The van der Waals surface area contributed by atoms with Crippen LogP contribution < -0.4 is 0 Å². The van der Waals surface area contributed by atoms with Gasteiger partial charge >= 0.3 is 0 Å². The number of allylic oxidation sites excluding steroid dienone is 1. The molecule has 1 aromatic rings. The number of benzene rings is 1. The van der Waals surface area contributed by atoms with Crippen LogP contribution in [0, 0.1) is 6.08 Å². The van der Waals surface area contributed by atoms with Crippen molar-refractivity contribution in [1.82, 2.24) is 0 Å². The predicted molar refractivity (Wildman–Crippen MR) is 53.0 cm³/mol. The van der Waals surface area contributed by atoms with Crippen molar-refractivity contribution in [3.05, 3.63) is 47.5 Å². The molecule has 1 aromatic carbocycles. The summed E-state index contributed by atoms with van der Waals surface area (Å²) in [5.74, 6) is 0. The largest absolute Gasteiger partial charge is 0.0792 e. The molecular formula is C12H15. The van der Waals surface area contributed by atoms with E-state index in [2.05, 4.69) is 37.3 Å². The van der Waals surface area contributed by atoms with Gasteiger partial charge in [-0.25, -0.2) is 0 Å². The van der Waals surface area contributed by atoms with Crippen LogP contribution in [0.25, 0.3) is 0 Å². The van der Waals surface area contributed by atoms with Crippen LogP contribution in [0.2, 0.25) is 0 Å². The highest BCUT2D eigenvalue weighted by Crippen LogP contribution is 2.06. The molecule has 0 saturated carbocycles. The van der Waals surface area contributed by atoms with Crippen molar-refractivity contribution >= 4 is 0 Å². The minimum absolute atomic E-state index is 1.16. The molecule has 0 heterocycles. The molecule has 0 fully saturated rings. The maximum absolute atomic E-state index is 3.15. The minimum Gasteiger partial charge on any atom is -0.0792 e. The predicted octanol–water partition coefficient (Wildman–Crippen LogP) is 3.37. The molecule has 0 saturated heterocycles. The Bertz CT molecular complexity index is 241. The Morgan fingerprint density at radius 3 is 2.42 bits per heavy atom. The minimum atomic E-state index is 1.16. The van der Waals surface area contributed by atoms with Crippen LogP contribution in [0.1, 0.15) is 31.4 Å². The molecule has 0 aliphatic carbocycles. The van der Waals surface area contributed by atoms with E-state index in [0.717, 1.165) is 5.56 Å². The zero-order chi connectivity index (χ0) is 8.81. The highest BCUT2D eigenvalue weighted by molar-refractivity contribution is 5.26. The summed E-state index contributed by atoms with van der Waals surface area (Å²) in [7, 11) is 0. The summed E-state index contributed by atoms with van der Waals surface area (Å²) >= 11 is 0. The number of hydrogen-bond acceptors (Lipinski definition) is 0. The zero-order valence-corrected chi connectivity index (χ0v) is 7.80. The van der Waals surface area contributed by atoms with Gasteiger partial charge in [0.1, 0.15) is 0 Å². The maximum Gasteiger partial charge on any atom is -0.0151 e. The van der Waals surface area contributed by atoms with Crippen molar-refractivity contribution in [2.75, 3.05) is 0 Å². The summed E-state index contributed by atoms with van der Waals surface area (Å²) in [5, 5.41) is 0. The molecule has 0 atom stereocenters. The molecule has 0 unspecified atom stereocenters. The molecule has 12 heavy (non-hydrogen) atoms. The fourth-order valence-electron chi connectivity index (χ4n) is 1.22. The second kappa shape index (κ2) is 4.76. The zero-order valence-electron chi connectivity index (χ0n) is 7.80. The van der Waals surface area contributed by atoms with Crippen LogP contribution >= 0.6 is 0 Å². The third-order valence-corrected chi connectivity index (χ3v) is 1.80. The van der Waals surface area contributed by atoms with Crippen LogP contribution in [0.5, 0.6) is 0 Å². The molecule has 1 radical (unpaired) electrons. The molecule has 0 aromatic heterocycles. The summed E-state index contributed by atoms with van der Waals surface area (Å²) in [5.41, 5.74) is 2.58. The highest BCUT2D eigenvalue weighted by atomic mass is 13.9. The van der Waals surface area contributed by atoms with Gasteiger partial charge in [0.15, 0.2) is 0 Å². The normalized spacial score (nSPS) is 10.8. The summed E-state index contributed by atoms with van der Waals surface area (Å²) in [6.07, 6.45) is 7.48. The molecule has 0 amide bonds. The van der Waals surface area contributed by atoms with Gasteiger partial charge in [0.05, 0.1) is 0 Å². The van der Waals surface area contributed by atoms with E-state index in [1.807, 2.05) is 13.0 Å². The average Bonchev–Trinajstić information content (AvgIpc) is 2.09. The maximum atomic E-state index is 3.15. The van der Waals surface area contributed by atoms with E-state index in [1.54, 1.807) is 0 Å². The van der Waals surface area contributed by atoms with Gasteiger partial charge in [0, 0.05) is 0 Å². The van der Waals surface area contributed by atoms with Gasteiger partial charge in [-0.1, -0.05) is 43.7 Å². The first kappa shape index (κ1) is 9.05. The van der Waals surface area contributed by atoms with Gasteiger partial charge in [-0.15, -0.1) is 0 Å². The van der Waals surface area contributed by atoms with Crippen molar-refractivity contribution in [2.24, 2.45) is 0 Å². The van der Waals surface area contributed by atoms with Gasteiger partial charge in [-0.2, -0.15) is 0 Å². The number of aryl methyl sites for hydroxylation is 1. The molecule has 0 N–H and O–H groups in total. The van der Waals surface area contributed by atoms with Crippen LogP contribution in [0.15, 0.2) is 30.3 Å². The summed E-state index contributed by atoms with van der Waals surface area (Å²) in [6, 6.07) is 8.58. The van der Waals surface area contributed by atoms with Crippen molar-refractivity contribution in [1.29, 1.82) is 0 Å². The molecule has 0 bridgehead atoms. The molecule has 0 aliphatic heterocycles. The number of hydrogen-bond donors (Lipinski definition) is 0. The Balaban J connectivity index is 2.71. The fourth-order valence-corrected chi connectivity index (χ4v) is 1.22. The van der Waals surface area contributed by atoms with E-state index in [-0.39, 0.29) is 0 Å². The third-order valence-electron chi connectivity index (χ3n) is 1.80. The van der Waals surface area contributed by atoms with Gasteiger partial charge < -0.3 is 0 Å². The van der Waals surface area contributed by atoms with Gasteiger partial charge in [0.25, 0.3) is 0 Å². The first-order valence-corrected chi connectivity index (χ1v) is 4.50. The third kappa shape index (κ3) is 2.54. The van der Waals surface area contributed by atoms with Crippen LogP contribution in [-0.4, -0.2) is 0 Å². The quantitative estimate of drug-likeness (QED) is 0.634. The standard InChI is InChI=1S/C12H15/c1-3-5-11-7-9-12(6-4-2)10-8-11/h3,7-10H,4,6H2,1-2H3. The molecule has 0 nitrogen and oxygen atoms in total.